The topological polar surface area (TPSA) is 95.5 Å². The average Bonchev–Trinajstić information content (AvgIpc) is 2.38. The smallest absolute Gasteiger partial charge is 0.241 e. The van der Waals surface area contributed by atoms with Crippen LogP contribution in [0.15, 0.2) is 35.2 Å². The van der Waals surface area contributed by atoms with Gasteiger partial charge in [0.25, 0.3) is 0 Å². The highest BCUT2D eigenvalue weighted by Crippen LogP contribution is 2.06. The molecule has 1 rings (SSSR count). The Labute approximate surface area is 106 Å². The van der Waals surface area contributed by atoms with E-state index in [0.29, 0.717) is 13.0 Å². The van der Waals surface area contributed by atoms with Gasteiger partial charge in [0.05, 0.1) is 11.4 Å². The molecule has 0 atom stereocenters. The number of rotatable bonds is 7. The van der Waals surface area contributed by atoms with Gasteiger partial charge >= 0.3 is 0 Å². The molecule has 3 N–H and O–H groups in total. The molecule has 0 unspecified atom stereocenters. The minimum absolute atomic E-state index is 0.0178. The van der Waals surface area contributed by atoms with E-state index in [0.717, 1.165) is 0 Å². The normalized spacial score (nSPS) is 11.2. The molecule has 6 nitrogen and oxygen atoms in total. The fourth-order valence-corrected chi connectivity index (χ4v) is 2.22. The van der Waals surface area contributed by atoms with E-state index < -0.39 is 15.9 Å². The first-order valence-corrected chi connectivity index (χ1v) is 6.97. The van der Waals surface area contributed by atoms with Crippen LogP contribution in [0.5, 0.6) is 0 Å². The van der Waals surface area contributed by atoms with Gasteiger partial charge in [-0.25, -0.2) is 13.1 Å². The Bertz CT molecular complexity index is 473. The first-order valence-electron chi connectivity index (χ1n) is 5.48. The van der Waals surface area contributed by atoms with Crippen molar-refractivity contribution >= 4 is 15.9 Å². The number of aliphatic hydroxyl groups excluding tert-OH is 1. The molecule has 0 bridgehead atoms. The highest BCUT2D eigenvalue weighted by molar-refractivity contribution is 7.89. The van der Waals surface area contributed by atoms with Crippen LogP contribution >= 0.6 is 0 Å². The molecule has 0 aliphatic heterocycles. The highest BCUT2D eigenvalue weighted by Gasteiger charge is 2.14. The molecular formula is C11H16N2O4S. The summed E-state index contributed by atoms with van der Waals surface area (Å²) < 4.78 is 25.7. The van der Waals surface area contributed by atoms with Crippen LogP contribution in [-0.4, -0.2) is 39.1 Å². The fraction of sp³-hybridized carbons (Fsp3) is 0.364. The van der Waals surface area contributed by atoms with E-state index >= 15 is 0 Å². The van der Waals surface area contributed by atoms with Gasteiger partial charge in [0.2, 0.25) is 15.9 Å². The van der Waals surface area contributed by atoms with Crippen LogP contribution in [0, 0.1) is 0 Å². The summed E-state index contributed by atoms with van der Waals surface area (Å²) in [5, 5.41) is 11.0. The van der Waals surface area contributed by atoms with Crippen molar-refractivity contribution in [3.8, 4) is 0 Å². The Balaban J connectivity index is 2.46. The van der Waals surface area contributed by atoms with Gasteiger partial charge in [0.15, 0.2) is 0 Å². The molecule has 0 saturated heterocycles. The van der Waals surface area contributed by atoms with E-state index in [1.54, 1.807) is 18.2 Å². The van der Waals surface area contributed by atoms with Crippen LogP contribution in [0.25, 0.3) is 0 Å². The Hall–Kier alpha value is -1.44. The van der Waals surface area contributed by atoms with Gasteiger partial charge in [-0.15, -0.1) is 0 Å². The summed E-state index contributed by atoms with van der Waals surface area (Å²) >= 11 is 0. The third-order valence-electron chi connectivity index (χ3n) is 2.13. The predicted octanol–water partition coefficient (Wildman–Crippen LogP) is -0.537. The zero-order valence-electron chi connectivity index (χ0n) is 9.80. The lowest BCUT2D eigenvalue weighted by atomic mass is 10.4. The van der Waals surface area contributed by atoms with Gasteiger partial charge < -0.3 is 10.4 Å². The molecule has 0 fully saturated rings. The number of hydrogen-bond donors (Lipinski definition) is 3. The molecule has 0 heterocycles. The minimum Gasteiger partial charge on any atom is -0.396 e. The first-order chi connectivity index (χ1) is 8.56. The van der Waals surface area contributed by atoms with Crippen LogP contribution in [0.4, 0.5) is 0 Å². The Morgan fingerprint density at radius 3 is 2.50 bits per heavy atom. The number of amides is 1. The van der Waals surface area contributed by atoms with Crippen molar-refractivity contribution in [2.75, 3.05) is 19.7 Å². The molecule has 0 spiro atoms. The molecule has 0 radical (unpaired) electrons. The van der Waals surface area contributed by atoms with Gasteiger partial charge in [-0.2, -0.15) is 0 Å². The number of sulfonamides is 1. The molecule has 18 heavy (non-hydrogen) atoms. The minimum atomic E-state index is -3.65. The maximum Gasteiger partial charge on any atom is 0.241 e. The maximum atomic E-state index is 11.7. The largest absolute Gasteiger partial charge is 0.396 e. The van der Waals surface area contributed by atoms with E-state index in [4.69, 9.17) is 5.11 Å². The Kier molecular flexibility index (Phi) is 5.76. The van der Waals surface area contributed by atoms with Crippen LogP contribution in [0.3, 0.4) is 0 Å². The lowest BCUT2D eigenvalue weighted by Gasteiger charge is -2.07. The van der Waals surface area contributed by atoms with Gasteiger partial charge in [-0.05, 0) is 18.6 Å². The Morgan fingerprint density at radius 2 is 1.89 bits per heavy atom. The zero-order valence-corrected chi connectivity index (χ0v) is 10.6. The molecule has 7 heteroatoms. The number of aliphatic hydroxyl groups is 1. The van der Waals surface area contributed by atoms with Crippen molar-refractivity contribution in [2.24, 2.45) is 0 Å². The lowest BCUT2D eigenvalue weighted by Crippen LogP contribution is -2.37. The monoisotopic (exact) mass is 272 g/mol. The summed E-state index contributed by atoms with van der Waals surface area (Å²) in [4.78, 5) is 11.4. The molecule has 0 aliphatic carbocycles. The van der Waals surface area contributed by atoms with Gasteiger partial charge in [0.1, 0.15) is 0 Å². The van der Waals surface area contributed by atoms with Crippen molar-refractivity contribution in [3.05, 3.63) is 30.3 Å². The van der Waals surface area contributed by atoms with Gasteiger partial charge in [-0.1, -0.05) is 18.2 Å². The second-order valence-electron chi connectivity index (χ2n) is 3.56. The summed E-state index contributed by atoms with van der Waals surface area (Å²) in [7, 11) is -3.65. The summed E-state index contributed by atoms with van der Waals surface area (Å²) in [6, 6.07) is 7.82. The summed E-state index contributed by atoms with van der Waals surface area (Å²) in [5.74, 6) is -0.428. The SMILES string of the molecule is O=C(CNS(=O)(=O)c1ccccc1)NCCCO. The van der Waals surface area contributed by atoms with Crippen molar-refractivity contribution < 1.29 is 18.3 Å². The Morgan fingerprint density at radius 1 is 1.22 bits per heavy atom. The van der Waals surface area contributed by atoms with Crippen molar-refractivity contribution in [1.82, 2.24) is 10.0 Å². The van der Waals surface area contributed by atoms with E-state index in [2.05, 4.69) is 10.0 Å². The molecule has 0 saturated carbocycles. The van der Waals surface area contributed by atoms with Crippen molar-refractivity contribution in [2.45, 2.75) is 11.3 Å². The van der Waals surface area contributed by atoms with Crippen LogP contribution in [0.1, 0.15) is 6.42 Å². The maximum absolute atomic E-state index is 11.7. The second kappa shape index (κ2) is 7.10. The van der Waals surface area contributed by atoms with Gasteiger partial charge in [-0.3, -0.25) is 4.79 Å². The number of benzene rings is 1. The quantitative estimate of drug-likeness (QED) is 0.581. The molecule has 0 aromatic heterocycles. The molecule has 0 aliphatic rings. The molecule has 1 aromatic carbocycles. The van der Waals surface area contributed by atoms with Crippen LogP contribution in [0.2, 0.25) is 0 Å². The van der Waals surface area contributed by atoms with E-state index in [1.165, 1.54) is 12.1 Å². The van der Waals surface area contributed by atoms with Crippen molar-refractivity contribution in [1.29, 1.82) is 0 Å². The number of nitrogens with one attached hydrogen (secondary N) is 2. The number of carbonyl (C=O) groups excluding carboxylic acids is 1. The predicted molar refractivity (Wildman–Crippen MR) is 66.3 cm³/mol. The highest BCUT2D eigenvalue weighted by atomic mass is 32.2. The van der Waals surface area contributed by atoms with Crippen LogP contribution in [-0.2, 0) is 14.8 Å². The summed E-state index contributed by atoms with van der Waals surface area (Å²) in [6.45, 7) is -0.0128. The molecule has 1 aromatic rings. The molecule has 100 valence electrons. The van der Waals surface area contributed by atoms with E-state index in [9.17, 15) is 13.2 Å². The average molecular weight is 272 g/mol. The first kappa shape index (κ1) is 14.6. The van der Waals surface area contributed by atoms with Gasteiger partial charge in [0, 0.05) is 13.2 Å². The lowest BCUT2D eigenvalue weighted by molar-refractivity contribution is -0.119. The van der Waals surface area contributed by atoms with Crippen molar-refractivity contribution in [3.63, 3.8) is 0 Å². The fourth-order valence-electron chi connectivity index (χ4n) is 1.21. The van der Waals surface area contributed by atoms with Crippen LogP contribution < -0.4 is 10.0 Å². The molecule has 1 amide bonds. The number of carbonyl (C=O) groups is 1. The second-order valence-corrected chi connectivity index (χ2v) is 5.33. The zero-order chi connectivity index (χ0) is 13.4. The summed E-state index contributed by atoms with van der Waals surface area (Å²) in [6.07, 6.45) is 0.442. The third-order valence-corrected chi connectivity index (χ3v) is 3.55. The van der Waals surface area contributed by atoms with E-state index in [1.807, 2.05) is 0 Å². The standard InChI is InChI=1S/C11H16N2O4S/c14-8-4-7-12-11(15)9-13-18(16,17)10-5-2-1-3-6-10/h1-3,5-6,13-14H,4,7-9H2,(H,12,15). The molecular weight excluding hydrogens is 256 g/mol. The van der Waals surface area contributed by atoms with E-state index in [-0.39, 0.29) is 18.0 Å². The number of hydrogen-bond acceptors (Lipinski definition) is 4. The summed E-state index contributed by atoms with van der Waals surface area (Å²) in [5.41, 5.74) is 0. The third kappa shape index (κ3) is 4.82.